The molecule has 1 atom stereocenters. The minimum absolute atomic E-state index is 0.0932. The maximum Gasteiger partial charge on any atom is 0.248 e. The van der Waals surface area contributed by atoms with Crippen LogP contribution in [0.3, 0.4) is 0 Å². The van der Waals surface area contributed by atoms with Crippen molar-refractivity contribution in [3.8, 4) is 0 Å². The van der Waals surface area contributed by atoms with E-state index in [-0.39, 0.29) is 11.8 Å². The minimum atomic E-state index is -0.830. The summed E-state index contributed by atoms with van der Waals surface area (Å²) < 4.78 is 0. The van der Waals surface area contributed by atoms with Gasteiger partial charge >= 0.3 is 0 Å². The van der Waals surface area contributed by atoms with E-state index in [1.165, 1.54) is 10.4 Å². The van der Waals surface area contributed by atoms with Crippen LogP contribution in [-0.2, 0) is 9.59 Å². The number of carbonyl (C=O) groups is 2. The van der Waals surface area contributed by atoms with Crippen molar-refractivity contribution in [2.24, 2.45) is 0 Å². The topological polar surface area (TPSA) is 49.4 Å². The lowest BCUT2D eigenvalue weighted by Crippen LogP contribution is -2.67. The molecule has 1 fully saturated rings. The van der Waals surface area contributed by atoms with Gasteiger partial charge in [-0.15, -0.1) is 0 Å². The Morgan fingerprint density at radius 2 is 2.13 bits per heavy atom. The number of hydrogen-bond acceptors (Lipinski definition) is 2. The van der Waals surface area contributed by atoms with E-state index in [9.17, 15) is 9.59 Å². The second-order valence-electron chi connectivity index (χ2n) is 4.11. The van der Waals surface area contributed by atoms with Crippen molar-refractivity contribution in [3.63, 3.8) is 0 Å². The zero-order chi connectivity index (χ0) is 11.6. The fraction of sp³-hybridized carbons (Fsp3) is 0.600. The van der Waals surface area contributed by atoms with Crippen molar-refractivity contribution >= 4 is 23.4 Å². The van der Waals surface area contributed by atoms with Gasteiger partial charge in [0, 0.05) is 12.1 Å². The van der Waals surface area contributed by atoms with E-state index in [1.54, 1.807) is 26.8 Å². The predicted octanol–water partition coefficient (Wildman–Crippen LogP) is 0.864. The lowest BCUT2D eigenvalue weighted by atomic mass is 9.97. The first-order chi connectivity index (χ1) is 6.90. The van der Waals surface area contributed by atoms with Gasteiger partial charge in [-0.05, 0) is 20.8 Å². The minimum Gasteiger partial charge on any atom is -0.340 e. The SMILES string of the molecule is CC1C(=O)NC(C)(C)C(=O)N1C/C=C/Cl. The maximum absolute atomic E-state index is 11.9. The van der Waals surface area contributed by atoms with Gasteiger partial charge in [-0.3, -0.25) is 9.59 Å². The molecule has 2 amide bonds. The molecule has 1 N–H and O–H groups in total. The maximum atomic E-state index is 11.9. The molecule has 1 saturated heterocycles. The Hall–Kier alpha value is -1.03. The molecule has 0 spiro atoms. The van der Waals surface area contributed by atoms with E-state index < -0.39 is 11.6 Å². The smallest absolute Gasteiger partial charge is 0.248 e. The van der Waals surface area contributed by atoms with Crippen molar-refractivity contribution in [1.29, 1.82) is 0 Å². The summed E-state index contributed by atoms with van der Waals surface area (Å²) in [4.78, 5) is 25.0. The molecular weight excluding hydrogens is 216 g/mol. The number of piperazine rings is 1. The summed E-state index contributed by atoms with van der Waals surface area (Å²) in [6.07, 6.45) is 1.64. The molecule has 5 heteroatoms. The molecule has 84 valence electrons. The Labute approximate surface area is 94.3 Å². The van der Waals surface area contributed by atoms with Gasteiger partial charge in [0.05, 0.1) is 0 Å². The Balaban J connectivity index is 2.90. The zero-order valence-corrected chi connectivity index (χ0v) is 9.84. The summed E-state index contributed by atoms with van der Waals surface area (Å²) in [7, 11) is 0. The first-order valence-electron chi connectivity index (χ1n) is 4.78. The lowest BCUT2D eigenvalue weighted by molar-refractivity contribution is -0.152. The summed E-state index contributed by atoms with van der Waals surface area (Å²) in [5.74, 6) is -0.230. The van der Waals surface area contributed by atoms with Crippen LogP contribution in [0.4, 0.5) is 0 Å². The van der Waals surface area contributed by atoms with Crippen molar-refractivity contribution < 1.29 is 9.59 Å². The van der Waals surface area contributed by atoms with Crippen LogP contribution in [-0.4, -0.2) is 34.8 Å². The molecule has 4 nitrogen and oxygen atoms in total. The van der Waals surface area contributed by atoms with Crippen molar-refractivity contribution in [1.82, 2.24) is 10.2 Å². The number of halogens is 1. The van der Waals surface area contributed by atoms with E-state index in [0.29, 0.717) is 6.54 Å². The van der Waals surface area contributed by atoms with Crippen LogP contribution in [0, 0.1) is 0 Å². The first-order valence-corrected chi connectivity index (χ1v) is 5.22. The van der Waals surface area contributed by atoms with Crippen molar-refractivity contribution in [2.45, 2.75) is 32.4 Å². The van der Waals surface area contributed by atoms with E-state index >= 15 is 0 Å². The van der Waals surface area contributed by atoms with Gasteiger partial charge in [0.2, 0.25) is 11.8 Å². The number of hydrogen-bond donors (Lipinski definition) is 1. The van der Waals surface area contributed by atoms with Crippen LogP contribution in [0.2, 0.25) is 0 Å². The van der Waals surface area contributed by atoms with E-state index in [4.69, 9.17) is 11.6 Å². The van der Waals surface area contributed by atoms with Gasteiger partial charge in [-0.1, -0.05) is 17.7 Å². The highest BCUT2D eigenvalue weighted by atomic mass is 35.5. The third kappa shape index (κ3) is 2.31. The molecule has 1 aliphatic heterocycles. The number of nitrogens with one attached hydrogen (secondary N) is 1. The highest BCUT2D eigenvalue weighted by Gasteiger charge is 2.42. The molecule has 1 unspecified atom stereocenters. The number of amides is 2. The standard InChI is InChI=1S/C10H15ClN2O2/c1-7-8(14)12-10(2,3)9(15)13(7)6-4-5-11/h4-5,7H,6H2,1-3H3,(H,12,14)/b5-4+. The largest absolute Gasteiger partial charge is 0.340 e. The molecular formula is C10H15ClN2O2. The van der Waals surface area contributed by atoms with Crippen molar-refractivity contribution in [2.75, 3.05) is 6.54 Å². The fourth-order valence-corrected chi connectivity index (χ4v) is 1.62. The summed E-state index contributed by atoms with van der Waals surface area (Å²) >= 11 is 5.40. The number of nitrogens with zero attached hydrogens (tertiary/aromatic N) is 1. The highest BCUT2D eigenvalue weighted by molar-refractivity contribution is 6.25. The average molecular weight is 231 g/mol. The number of carbonyl (C=O) groups excluding carboxylic acids is 2. The second kappa shape index (κ2) is 4.23. The average Bonchev–Trinajstić information content (AvgIpc) is 2.15. The Morgan fingerprint density at radius 1 is 1.53 bits per heavy atom. The molecule has 0 aromatic rings. The molecule has 0 bridgehead atoms. The van der Waals surface area contributed by atoms with Gasteiger partial charge in [0.25, 0.3) is 0 Å². The molecule has 1 heterocycles. The molecule has 0 aromatic heterocycles. The molecule has 0 aromatic carbocycles. The molecule has 1 rings (SSSR count). The van der Waals surface area contributed by atoms with Crippen LogP contribution >= 0.6 is 11.6 Å². The Morgan fingerprint density at radius 3 is 2.67 bits per heavy atom. The first kappa shape index (κ1) is 12.0. The summed E-state index contributed by atoms with van der Waals surface area (Å²) in [6, 6.07) is -0.446. The van der Waals surface area contributed by atoms with Crippen LogP contribution in [0.5, 0.6) is 0 Å². The van der Waals surface area contributed by atoms with E-state index in [1.807, 2.05) is 0 Å². The van der Waals surface area contributed by atoms with Gasteiger partial charge in [0.15, 0.2) is 0 Å². The number of rotatable bonds is 2. The second-order valence-corrected chi connectivity index (χ2v) is 4.36. The van der Waals surface area contributed by atoms with Gasteiger partial charge in [-0.25, -0.2) is 0 Å². The monoisotopic (exact) mass is 230 g/mol. The lowest BCUT2D eigenvalue weighted by Gasteiger charge is -2.41. The Kier molecular flexibility index (Phi) is 3.39. The summed E-state index contributed by atoms with van der Waals surface area (Å²) in [5, 5.41) is 2.67. The third-order valence-electron chi connectivity index (χ3n) is 2.47. The van der Waals surface area contributed by atoms with Gasteiger partial charge < -0.3 is 10.2 Å². The Bertz CT molecular complexity index is 313. The van der Waals surface area contributed by atoms with E-state index in [0.717, 1.165) is 0 Å². The van der Waals surface area contributed by atoms with Crippen LogP contribution in [0.1, 0.15) is 20.8 Å². The molecule has 0 aliphatic carbocycles. The molecule has 15 heavy (non-hydrogen) atoms. The normalized spacial score (nSPS) is 25.9. The van der Waals surface area contributed by atoms with Gasteiger partial charge in [0.1, 0.15) is 11.6 Å². The van der Waals surface area contributed by atoms with Crippen molar-refractivity contribution in [3.05, 3.63) is 11.6 Å². The molecule has 1 aliphatic rings. The third-order valence-corrected chi connectivity index (χ3v) is 2.65. The quantitative estimate of drug-likeness (QED) is 0.765. The molecule has 0 radical (unpaired) electrons. The van der Waals surface area contributed by atoms with Gasteiger partial charge in [-0.2, -0.15) is 0 Å². The van der Waals surface area contributed by atoms with Crippen LogP contribution in [0.25, 0.3) is 0 Å². The van der Waals surface area contributed by atoms with Crippen LogP contribution in [0.15, 0.2) is 11.6 Å². The summed E-state index contributed by atoms with van der Waals surface area (Å²) in [6.45, 7) is 5.44. The fourth-order valence-electron chi connectivity index (χ4n) is 1.54. The van der Waals surface area contributed by atoms with Crippen LogP contribution < -0.4 is 5.32 Å². The zero-order valence-electron chi connectivity index (χ0n) is 9.08. The predicted molar refractivity (Wildman–Crippen MR) is 58.4 cm³/mol. The van der Waals surface area contributed by atoms with E-state index in [2.05, 4.69) is 5.32 Å². The molecule has 0 saturated carbocycles. The highest BCUT2D eigenvalue weighted by Crippen LogP contribution is 2.17. The summed E-state index contributed by atoms with van der Waals surface area (Å²) in [5.41, 5.74) is 0.517.